The van der Waals surface area contributed by atoms with Gasteiger partial charge in [-0.3, -0.25) is 4.79 Å². The minimum Gasteiger partial charge on any atom is -0.496 e. The summed E-state index contributed by atoms with van der Waals surface area (Å²) in [7, 11) is 1.62. The van der Waals surface area contributed by atoms with Gasteiger partial charge in [-0.2, -0.15) is 5.10 Å². The van der Waals surface area contributed by atoms with Crippen LogP contribution in [0.25, 0.3) is 11.3 Å². The van der Waals surface area contributed by atoms with Crippen molar-refractivity contribution in [2.45, 2.75) is 20.4 Å². The number of methoxy groups -OCH3 is 1. The van der Waals surface area contributed by atoms with Crippen LogP contribution in [0.3, 0.4) is 0 Å². The molecule has 2 rings (SSSR count). The summed E-state index contributed by atoms with van der Waals surface area (Å²) in [5, 5.41) is 4.45. The number of nitrogens with zero attached hydrogens (tertiary/aromatic N) is 2. The van der Waals surface area contributed by atoms with E-state index < -0.39 is 0 Å². The van der Waals surface area contributed by atoms with Crippen LogP contribution in [0.5, 0.6) is 5.75 Å². The third kappa shape index (κ3) is 2.81. The molecule has 2 N–H and O–H groups in total. The van der Waals surface area contributed by atoms with Crippen molar-refractivity contribution in [3.63, 3.8) is 0 Å². The molecule has 0 aliphatic heterocycles. The maximum Gasteiger partial charge on any atom is 0.156 e. The average molecular weight is 285 g/mol. The van der Waals surface area contributed by atoms with Crippen LogP contribution >= 0.6 is 0 Å². The Morgan fingerprint density at radius 1 is 1.52 bits per heavy atom. The van der Waals surface area contributed by atoms with E-state index in [0.29, 0.717) is 23.6 Å². The van der Waals surface area contributed by atoms with Crippen molar-refractivity contribution in [2.75, 3.05) is 12.8 Å². The van der Waals surface area contributed by atoms with Crippen molar-refractivity contribution in [3.8, 4) is 17.0 Å². The summed E-state index contributed by atoms with van der Waals surface area (Å²) in [4.78, 5) is 11.3. The van der Waals surface area contributed by atoms with E-state index in [-0.39, 0.29) is 0 Å². The Labute approximate surface area is 124 Å². The Morgan fingerprint density at radius 2 is 2.24 bits per heavy atom. The Morgan fingerprint density at radius 3 is 2.76 bits per heavy atom. The molecule has 1 aromatic heterocycles. The van der Waals surface area contributed by atoms with E-state index in [1.165, 1.54) is 0 Å². The lowest BCUT2D eigenvalue weighted by Crippen LogP contribution is -2.05. The summed E-state index contributed by atoms with van der Waals surface area (Å²) in [6, 6.07) is 5.65. The van der Waals surface area contributed by atoms with E-state index in [9.17, 15) is 4.79 Å². The Bertz CT molecular complexity index is 702. The fourth-order valence-electron chi connectivity index (χ4n) is 2.22. The number of anilines is 1. The summed E-state index contributed by atoms with van der Waals surface area (Å²) in [6.45, 7) is 8.16. The first kappa shape index (κ1) is 14.8. The number of aldehydes is 1. The summed E-state index contributed by atoms with van der Waals surface area (Å²) < 4.78 is 6.84. The summed E-state index contributed by atoms with van der Waals surface area (Å²) >= 11 is 0. The molecule has 0 aliphatic carbocycles. The number of carbonyl (C=O) groups is 1. The first-order valence-corrected chi connectivity index (χ1v) is 6.58. The van der Waals surface area contributed by atoms with Gasteiger partial charge in [0.1, 0.15) is 17.3 Å². The van der Waals surface area contributed by atoms with Crippen molar-refractivity contribution >= 4 is 12.1 Å². The van der Waals surface area contributed by atoms with Crippen LogP contribution in [-0.4, -0.2) is 23.2 Å². The monoisotopic (exact) mass is 285 g/mol. The number of ether oxygens (including phenoxy) is 1. The smallest absolute Gasteiger partial charge is 0.156 e. The molecular formula is C16H19N3O2. The molecule has 1 heterocycles. The lowest BCUT2D eigenvalue weighted by Gasteiger charge is -2.06. The second kappa shape index (κ2) is 5.83. The van der Waals surface area contributed by atoms with Gasteiger partial charge in [-0.15, -0.1) is 0 Å². The van der Waals surface area contributed by atoms with Crippen LogP contribution in [0.15, 0.2) is 30.4 Å². The minimum absolute atomic E-state index is 0.358. The van der Waals surface area contributed by atoms with Gasteiger partial charge in [0.2, 0.25) is 0 Å². The summed E-state index contributed by atoms with van der Waals surface area (Å²) in [6.07, 6.45) is 0.742. The fourth-order valence-corrected chi connectivity index (χ4v) is 2.22. The molecule has 0 amide bonds. The molecule has 0 aliphatic rings. The molecule has 0 spiro atoms. The van der Waals surface area contributed by atoms with Crippen LogP contribution in [0.4, 0.5) is 5.82 Å². The quantitative estimate of drug-likeness (QED) is 0.677. The Kier molecular flexibility index (Phi) is 4.12. The van der Waals surface area contributed by atoms with Crippen molar-refractivity contribution in [2.24, 2.45) is 0 Å². The van der Waals surface area contributed by atoms with Crippen molar-refractivity contribution in [1.82, 2.24) is 9.78 Å². The number of hydrogen-bond donors (Lipinski definition) is 1. The summed E-state index contributed by atoms with van der Waals surface area (Å²) in [5.41, 5.74) is 9.70. The van der Waals surface area contributed by atoms with Gasteiger partial charge in [0.15, 0.2) is 6.29 Å². The van der Waals surface area contributed by atoms with Crippen molar-refractivity contribution < 1.29 is 9.53 Å². The number of hydrogen-bond acceptors (Lipinski definition) is 4. The van der Waals surface area contributed by atoms with Crippen molar-refractivity contribution in [3.05, 3.63) is 41.5 Å². The van der Waals surface area contributed by atoms with Gasteiger partial charge >= 0.3 is 0 Å². The van der Waals surface area contributed by atoms with Crippen LogP contribution in [0, 0.1) is 6.92 Å². The molecule has 0 saturated heterocycles. The zero-order valence-corrected chi connectivity index (χ0v) is 12.5. The molecule has 1 aromatic carbocycles. The van der Waals surface area contributed by atoms with Gasteiger partial charge in [0.05, 0.1) is 19.2 Å². The lowest BCUT2D eigenvalue weighted by molar-refractivity contribution is 0.112. The normalized spacial score (nSPS) is 10.4. The molecule has 0 unspecified atom stereocenters. The number of nitrogen functional groups attached to an aromatic ring is 1. The number of nitrogens with two attached hydrogens (primary N) is 1. The second-order valence-corrected chi connectivity index (χ2v) is 5.06. The maximum atomic E-state index is 11.3. The van der Waals surface area contributed by atoms with Gasteiger partial charge in [0, 0.05) is 5.56 Å². The van der Waals surface area contributed by atoms with E-state index in [0.717, 1.165) is 28.7 Å². The van der Waals surface area contributed by atoms with Crippen LogP contribution in [0.2, 0.25) is 0 Å². The Balaban J connectivity index is 2.55. The summed E-state index contributed by atoms with van der Waals surface area (Å²) in [5.74, 6) is 1.15. The van der Waals surface area contributed by atoms with E-state index >= 15 is 0 Å². The van der Waals surface area contributed by atoms with Crippen LogP contribution in [-0.2, 0) is 6.54 Å². The molecule has 5 nitrogen and oxygen atoms in total. The standard InChI is InChI=1S/C16H19N3O2/c1-10(2)8-19-16(17)13(9-20)15(18-19)12-5-6-14(21-4)11(3)7-12/h5-7,9H,1,8,17H2,2-4H3. The molecule has 0 fully saturated rings. The third-order valence-electron chi connectivity index (χ3n) is 3.24. The highest BCUT2D eigenvalue weighted by atomic mass is 16.5. The number of allylic oxidation sites excluding steroid dienone is 1. The van der Waals surface area contributed by atoms with Gasteiger partial charge in [-0.25, -0.2) is 4.68 Å². The van der Waals surface area contributed by atoms with Crippen LogP contribution in [0.1, 0.15) is 22.8 Å². The average Bonchev–Trinajstić information content (AvgIpc) is 2.74. The molecule has 0 saturated carbocycles. The minimum atomic E-state index is 0.358. The van der Waals surface area contributed by atoms with Gasteiger partial charge < -0.3 is 10.5 Å². The number of rotatable bonds is 5. The molecule has 110 valence electrons. The largest absolute Gasteiger partial charge is 0.496 e. The van der Waals surface area contributed by atoms with Gasteiger partial charge in [-0.1, -0.05) is 12.2 Å². The fraction of sp³-hybridized carbons (Fsp3) is 0.250. The lowest BCUT2D eigenvalue weighted by atomic mass is 10.1. The predicted octanol–water partition coefficient (Wildman–Crippen LogP) is 2.84. The van der Waals surface area contributed by atoms with Crippen molar-refractivity contribution in [1.29, 1.82) is 0 Å². The molecule has 21 heavy (non-hydrogen) atoms. The highest BCUT2D eigenvalue weighted by Gasteiger charge is 2.17. The van der Waals surface area contributed by atoms with Crippen LogP contribution < -0.4 is 10.5 Å². The van der Waals surface area contributed by atoms with Gasteiger partial charge in [0.25, 0.3) is 0 Å². The zero-order chi connectivity index (χ0) is 15.6. The number of aromatic nitrogens is 2. The highest BCUT2D eigenvalue weighted by molar-refractivity contribution is 5.91. The van der Waals surface area contributed by atoms with E-state index in [1.807, 2.05) is 32.0 Å². The predicted molar refractivity (Wildman–Crippen MR) is 83.6 cm³/mol. The number of benzene rings is 1. The maximum absolute atomic E-state index is 11.3. The molecule has 5 heteroatoms. The SMILES string of the molecule is C=C(C)Cn1nc(-c2ccc(OC)c(C)c2)c(C=O)c1N. The molecular weight excluding hydrogens is 266 g/mol. The molecule has 0 radical (unpaired) electrons. The number of carbonyl (C=O) groups excluding carboxylic acids is 1. The first-order chi connectivity index (χ1) is 9.97. The second-order valence-electron chi connectivity index (χ2n) is 5.06. The van der Waals surface area contributed by atoms with E-state index in [2.05, 4.69) is 11.7 Å². The van der Waals surface area contributed by atoms with E-state index in [4.69, 9.17) is 10.5 Å². The van der Waals surface area contributed by atoms with E-state index in [1.54, 1.807) is 11.8 Å². The molecule has 0 atom stereocenters. The first-order valence-electron chi connectivity index (χ1n) is 6.58. The third-order valence-corrected chi connectivity index (χ3v) is 3.24. The number of aryl methyl sites for hydroxylation is 1. The molecule has 0 bridgehead atoms. The zero-order valence-electron chi connectivity index (χ0n) is 12.5. The van der Waals surface area contributed by atoms with Gasteiger partial charge in [-0.05, 0) is 37.6 Å². The topological polar surface area (TPSA) is 70.1 Å². The molecule has 2 aromatic rings. The highest BCUT2D eigenvalue weighted by Crippen LogP contribution is 2.29. The Hall–Kier alpha value is -2.56.